The van der Waals surface area contributed by atoms with Crippen LogP contribution < -0.4 is 4.80 Å². The smallest absolute Gasteiger partial charge is 0.337 e. The number of hydrogen-bond acceptors (Lipinski definition) is 7. The van der Waals surface area contributed by atoms with E-state index in [-0.39, 0.29) is 5.69 Å². The molecule has 8 nitrogen and oxygen atoms in total. The SMILES string of the molecule is COC(=O)c1ccc2c(c1)sc(=NC(=O)/C=C/c1ccc([N+](=O)[O-])cc1)n2CCSC. The number of methoxy groups -OCH3 is 1. The van der Waals surface area contributed by atoms with Crippen LogP contribution in [0.4, 0.5) is 5.69 Å². The van der Waals surface area contributed by atoms with E-state index in [0.717, 1.165) is 16.0 Å². The summed E-state index contributed by atoms with van der Waals surface area (Å²) in [6, 6.07) is 11.1. The molecule has 0 spiro atoms. The van der Waals surface area contributed by atoms with Crippen LogP contribution >= 0.6 is 23.1 Å². The number of aryl methyl sites for hydroxylation is 1. The van der Waals surface area contributed by atoms with Crippen LogP contribution in [0.15, 0.2) is 53.5 Å². The summed E-state index contributed by atoms with van der Waals surface area (Å²) in [6.07, 6.45) is 4.88. The topological polar surface area (TPSA) is 104 Å². The van der Waals surface area contributed by atoms with E-state index in [1.807, 2.05) is 16.9 Å². The zero-order valence-corrected chi connectivity index (χ0v) is 18.4. The highest BCUT2D eigenvalue weighted by Gasteiger charge is 2.11. The van der Waals surface area contributed by atoms with Gasteiger partial charge in [0.1, 0.15) is 0 Å². The van der Waals surface area contributed by atoms with Crippen molar-refractivity contribution in [3.63, 3.8) is 0 Å². The molecular weight excluding hydrogens is 438 g/mol. The Bertz CT molecular complexity index is 1230. The first-order valence-corrected chi connectivity index (χ1v) is 11.4. The zero-order valence-electron chi connectivity index (χ0n) is 16.8. The highest BCUT2D eigenvalue weighted by Crippen LogP contribution is 2.20. The minimum atomic E-state index is -0.478. The number of amides is 1. The molecule has 1 aromatic heterocycles. The van der Waals surface area contributed by atoms with Crippen LogP contribution in [0.25, 0.3) is 16.3 Å². The van der Waals surface area contributed by atoms with Crippen molar-refractivity contribution in [2.45, 2.75) is 6.54 Å². The Hall–Kier alpha value is -3.24. The van der Waals surface area contributed by atoms with Crippen molar-refractivity contribution in [2.75, 3.05) is 19.1 Å². The quantitative estimate of drug-likeness (QED) is 0.231. The van der Waals surface area contributed by atoms with Crippen molar-refractivity contribution >= 4 is 57.0 Å². The van der Waals surface area contributed by atoms with Crippen molar-refractivity contribution in [2.24, 2.45) is 4.99 Å². The molecule has 31 heavy (non-hydrogen) atoms. The van der Waals surface area contributed by atoms with Gasteiger partial charge in [-0.25, -0.2) is 4.79 Å². The molecule has 0 aliphatic carbocycles. The molecule has 10 heteroatoms. The molecule has 0 radical (unpaired) electrons. The van der Waals surface area contributed by atoms with Crippen molar-refractivity contribution < 1.29 is 19.2 Å². The summed E-state index contributed by atoms with van der Waals surface area (Å²) in [5, 5.41) is 10.7. The molecule has 2 aromatic carbocycles. The molecule has 0 aliphatic rings. The molecule has 1 heterocycles. The second-order valence-electron chi connectivity index (χ2n) is 6.34. The second kappa shape index (κ2) is 10.2. The molecule has 0 unspecified atom stereocenters. The summed E-state index contributed by atoms with van der Waals surface area (Å²) in [7, 11) is 1.33. The van der Waals surface area contributed by atoms with Gasteiger partial charge in [0.15, 0.2) is 4.80 Å². The molecule has 160 valence electrons. The van der Waals surface area contributed by atoms with Crippen molar-refractivity contribution in [3.05, 3.63) is 74.6 Å². The lowest BCUT2D eigenvalue weighted by atomic mass is 10.2. The summed E-state index contributed by atoms with van der Waals surface area (Å²) >= 11 is 3.00. The molecule has 0 aliphatic heterocycles. The fraction of sp³-hybridized carbons (Fsp3) is 0.190. The Morgan fingerprint density at radius 1 is 1.26 bits per heavy atom. The molecule has 0 saturated carbocycles. The Balaban J connectivity index is 1.93. The van der Waals surface area contributed by atoms with Gasteiger partial charge in [0.05, 0.1) is 27.8 Å². The number of nitro benzene ring substituents is 1. The second-order valence-corrected chi connectivity index (χ2v) is 8.33. The van der Waals surface area contributed by atoms with Crippen LogP contribution in [-0.2, 0) is 16.1 Å². The van der Waals surface area contributed by atoms with Gasteiger partial charge >= 0.3 is 5.97 Å². The van der Waals surface area contributed by atoms with Crippen molar-refractivity contribution in [3.8, 4) is 0 Å². The summed E-state index contributed by atoms with van der Waals surface area (Å²) in [5.41, 5.74) is 1.96. The van der Waals surface area contributed by atoms with E-state index in [4.69, 9.17) is 4.74 Å². The minimum absolute atomic E-state index is 0.0143. The monoisotopic (exact) mass is 457 g/mol. The number of rotatable bonds is 7. The highest BCUT2D eigenvalue weighted by atomic mass is 32.2. The number of ether oxygens (including phenoxy) is 1. The fourth-order valence-corrected chi connectivity index (χ4v) is 4.27. The Kier molecular flexibility index (Phi) is 7.37. The maximum atomic E-state index is 12.4. The van der Waals surface area contributed by atoms with Gasteiger partial charge in [0.2, 0.25) is 0 Å². The van der Waals surface area contributed by atoms with Crippen LogP contribution in [0.3, 0.4) is 0 Å². The first kappa shape index (κ1) is 22.4. The van der Waals surface area contributed by atoms with Crippen LogP contribution in [0.5, 0.6) is 0 Å². The Labute approximate surface area is 186 Å². The molecule has 0 saturated heterocycles. The van der Waals surface area contributed by atoms with Crippen molar-refractivity contribution in [1.29, 1.82) is 0 Å². The number of non-ortho nitro benzene ring substituents is 1. The van der Waals surface area contributed by atoms with Gasteiger partial charge in [-0.2, -0.15) is 16.8 Å². The molecule has 0 fully saturated rings. The normalized spacial score (nSPS) is 11.9. The van der Waals surface area contributed by atoms with E-state index >= 15 is 0 Å². The average molecular weight is 458 g/mol. The number of thioether (sulfide) groups is 1. The number of aromatic nitrogens is 1. The number of thiazole rings is 1. The van der Waals surface area contributed by atoms with Gasteiger partial charge in [0, 0.05) is 30.5 Å². The number of nitro groups is 1. The first-order valence-electron chi connectivity index (χ1n) is 9.15. The number of fused-ring (bicyclic) bond motifs is 1. The maximum absolute atomic E-state index is 12.4. The van der Waals surface area contributed by atoms with E-state index in [2.05, 4.69) is 4.99 Å². The molecule has 0 atom stereocenters. The minimum Gasteiger partial charge on any atom is -0.465 e. The lowest BCUT2D eigenvalue weighted by Crippen LogP contribution is -2.17. The number of nitrogens with zero attached hydrogens (tertiary/aromatic N) is 3. The third kappa shape index (κ3) is 5.47. The van der Waals surface area contributed by atoms with Gasteiger partial charge in [-0.3, -0.25) is 14.9 Å². The van der Waals surface area contributed by atoms with Crippen LogP contribution in [0, 0.1) is 10.1 Å². The molecule has 3 aromatic rings. The summed E-state index contributed by atoms with van der Waals surface area (Å²) in [5.74, 6) is -0.0347. The number of carbonyl (C=O) groups excluding carboxylic acids is 2. The summed E-state index contributed by atoms with van der Waals surface area (Å²) < 4.78 is 7.56. The molecule has 0 N–H and O–H groups in total. The maximum Gasteiger partial charge on any atom is 0.337 e. The summed E-state index contributed by atoms with van der Waals surface area (Å²) in [4.78, 5) is 39.3. The number of hydrogen-bond donors (Lipinski definition) is 0. The number of esters is 1. The third-order valence-corrected chi connectivity index (χ3v) is 5.98. The van der Waals surface area contributed by atoms with Crippen LogP contribution in [-0.4, -0.2) is 40.5 Å². The van der Waals surface area contributed by atoms with E-state index < -0.39 is 16.8 Å². The van der Waals surface area contributed by atoms with Gasteiger partial charge in [-0.1, -0.05) is 11.3 Å². The van der Waals surface area contributed by atoms with Gasteiger partial charge in [-0.15, -0.1) is 0 Å². The Morgan fingerprint density at radius 3 is 2.65 bits per heavy atom. The highest BCUT2D eigenvalue weighted by molar-refractivity contribution is 7.98. The van der Waals surface area contributed by atoms with Gasteiger partial charge in [0.25, 0.3) is 11.6 Å². The van der Waals surface area contributed by atoms with Crippen LogP contribution in [0.1, 0.15) is 15.9 Å². The lowest BCUT2D eigenvalue weighted by molar-refractivity contribution is -0.384. The van der Waals surface area contributed by atoms with E-state index in [1.54, 1.807) is 42.1 Å². The van der Waals surface area contributed by atoms with Gasteiger partial charge in [-0.05, 0) is 48.2 Å². The lowest BCUT2D eigenvalue weighted by Gasteiger charge is -2.04. The zero-order chi connectivity index (χ0) is 22.4. The average Bonchev–Trinajstić information content (AvgIpc) is 3.11. The molecule has 3 rings (SSSR count). The molecule has 0 bridgehead atoms. The van der Waals surface area contributed by atoms with E-state index in [1.165, 1.54) is 36.7 Å². The predicted molar refractivity (Wildman–Crippen MR) is 122 cm³/mol. The number of carbonyl (C=O) groups is 2. The standard InChI is InChI=1S/C21H19N3O5S2/c1-29-20(26)15-6-9-17-18(13-15)31-21(23(17)11-12-30-2)22-19(25)10-5-14-3-7-16(8-4-14)24(27)28/h3-10,13H,11-12H2,1-2H3/b10-5+,22-21?. The van der Waals surface area contributed by atoms with E-state index in [0.29, 0.717) is 22.5 Å². The fourth-order valence-electron chi connectivity index (χ4n) is 2.81. The third-order valence-electron chi connectivity index (χ3n) is 4.35. The summed E-state index contributed by atoms with van der Waals surface area (Å²) in [6.45, 7) is 0.664. The Morgan fingerprint density at radius 2 is 2.00 bits per heavy atom. The molecule has 1 amide bonds. The predicted octanol–water partition coefficient (Wildman–Crippen LogP) is 3.90. The number of benzene rings is 2. The van der Waals surface area contributed by atoms with E-state index in [9.17, 15) is 19.7 Å². The largest absolute Gasteiger partial charge is 0.465 e. The molecular formula is C21H19N3O5S2. The van der Waals surface area contributed by atoms with Crippen LogP contribution in [0.2, 0.25) is 0 Å². The van der Waals surface area contributed by atoms with Gasteiger partial charge < -0.3 is 9.30 Å². The first-order chi connectivity index (χ1) is 14.9. The van der Waals surface area contributed by atoms with Crippen molar-refractivity contribution in [1.82, 2.24) is 4.57 Å².